The summed E-state index contributed by atoms with van der Waals surface area (Å²) in [5.74, 6) is 0.634. The fraction of sp³-hybridized carbons (Fsp3) is 0.571. The van der Waals surface area contributed by atoms with Crippen LogP contribution in [0.2, 0.25) is 0 Å². The summed E-state index contributed by atoms with van der Waals surface area (Å²) in [6.45, 7) is 3.34. The van der Waals surface area contributed by atoms with Gasteiger partial charge in [0.15, 0.2) is 0 Å². The first-order valence-corrected chi connectivity index (χ1v) is 3.62. The second-order valence-electron chi connectivity index (χ2n) is 2.22. The third-order valence-electron chi connectivity index (χ3n) is 1.54. The highest BCUT2D eigenvalue weighted by Gasteiger charge is 2.05. The number of aromatic nitrogens is 2. The van der Waals surface area contributed by atoms with E-state index in [-0.39, 0.29) is 0 Å². The van der Waals surface area contributed by atoms with Crippen molar-refractivity contribution >= 4 is 0 Å². The van der Waals surface area contributed by atoms with Crippen molar-refractivity contribution in [3.05, 3.63) is 11.8 Å². The van der Waals surface area contributed by atoms with Gasteiger partial charge in [0.25, 0.3) is 0 Å². The van der Waals surface area contributed by atoms with Crippen molar-refractivity contribution in [2.75, 3.05) is 7.11 Å². The van der Waals surface area contributed by atoms with E-state index in [1.165, 1.54) is 0 Å². The van der Waals surface area contributed by atoms with Crippen LogP contribution in [-0.2, 0) is 13.1 Å². The second kappa shape index (κ2) is 3.39. The normalized spacial score (nSPS) is 10.1. The Morgan fingerprint density at radius 3 is 2.82 bits per heavy atom. The minimum atomic E-state index is 0.475. The van der Waals surface area contributed by atoms with Crippen LogP contribution in [0, 0.1) is 0 Å². The summed E-state index contributed by atoms with van der Waals surface area (Å²) < 4.78 is 6.81. The highest BCUT2D eigenvalue weighted by molar-refractivity contribution is 5.22. The predicted molar refractivity (Wildman–Crippen MR) is 42.3 cm³/mol. The van der Waals surface area contributed by atoms with Gasteiger partial charge in [-0.2, -0.15) is 0 Å². The zero-order chi connectivity index (χ0) is 8.27. The molecule has 0 aliphatic heterocycles. The molecule has 1 heterocycles. The SMILES string of the molecule is CCn1cc(CN)c(OC)n1. The molecule has 1 aromatic rings. The molecule has 0 spiro atoms. The zero-order valence-electron chi connectivity index (χ0n) is 6.87. The van der Waals surface area contributed by atoms with Crippen molar-refractivity contribution in [3.8, 4) is 5.88 Å². The van der Waals surface area contributed by atoms with Gasteiger partial charge >= 0.3 is 0 Å². The van der Waals surface area contributed by atoms with Crippen LogP contribution in [0.1, 0.15) is 12.5 Å². The van der Waals surface area contributed by atoms with E-state index < -0.39 is 0 Å². The predicted octanol–water partition coefficient (Wildman–Crippen LogP) is 0.370. The van der Waals surface area contributed by atoms with Gasteiger partial charge in [-0.15, -0.1) is 5.10 Å². The molecule has 0 unspecified atom stereocenters. The van der Waals surface area contributed by atoms with E-state index in [4.69, 9.17) is 10.5 Å². The second-order valence-corrected chi connectivity index (χ2v) is 2.22. The molecule has 0 saturated heterocycles. The first kappa shape index (κ1) is 8.07. The lowest BCUT2D eigenvalue weighted by molar-refractivity contribution is 0.385. The third-order valence-corrected chi connectivity index (χ3v) is 1.54. The summed E-state index contributed by atoms with van der Waals surface area (Å²) in [5.41, 5.74) is 6.41. The maximum Gasteiger partial charge on any atom is 0.237 e. The summed E-state index contributed by atoms with van der Waals surface area (Å²) in [4.78, 5) is 0. The molecule has 2 N–H and O–H groups in total. The molecule has 0 aliphatic carbocycles. The quantitative estimate of drug-likeness (QED) is 0.686. The largest absolute Gasteiger partial charge is 0.480 e. The van der Waals surface area contributed by atoms with Gasteiger partial charge in [-0.3, -0.25) is 4.68 Å². The van der Waals surface area contributed by atoms with Gasteiger partial charge in [0.1, 0.15) is 0 Å². The van der Waals surface area contributed by atoms with Crippen LogP contribution in [0.15, 0.2) is 6.20 Å². The molecule has 0 bridgehead atoms. The van der Waals surface area contributed by atoms with Crippen molar-refractivity contribution in [2.24, 2.45) is 5.73 Å². The van der Waals surface area contributed by atoms with E-state index in [1.807, 2.05) is 13.1 Å². The number of rotatable bonds is 3. The molecule has 0 radical (unpaired) electrons. The number of aryl methyl sites for hydroxylation is 1. The van der Waals surface area contributed by atoms with E-state index in [9.17, 15) is 0 Å². The molecule has 0 aliphatic rings. The first-order valence-electron chi connectivity index (χ1n) is 3.62. The first-order chi connectivity index (χ1) is 5.31. The lowest BCUT2D eigenvalue weighted by atomic mass is 10.3. The molecule has 0 atom stereocenters. The summed E-state index contributed by atoms with van der Waals surface area (Å²) in [6.07, 6.45) is 1.90. The van der Waals surface area contributed by atoms with Crippen LogP contribution in [0.3, 0.4) is 0 Å². The Hall–Kier alpha value is -1.03. The Bertz CT molecular complexity index is 210. The monoisotopic (exact) mass is 155 g/mol. The molecule has 0 amide bonds. The Kier molecular flexibility index (Phi) is 2.48. The van der Waals surface area contributed by atoms with Gasteiger partial charge in [0.05, 0.1) is 7.11 Å². The average molecular weight is 155 g/mol. The average Bonchev–Trinajstić information content (AvgIpc) is 2.46. The molecule has 4 nitrogen and oxygen atoms in total. The zero-order valence-corrected chi connectivity index (χ0v) is 6.87. The molecular weight excluding hydrogens is 142 g/mol. The Morgan fingerprint density at radius 1 is 1.73 bits per heavy atom. The lowest BCUT2D eigenvalue weighted by Crippen LogP contribution is -1.96. The minimum Gasteiger partial charge on any atom is -0.480 e. The van der Waals surface area contributed by atoms with Crippen LogP contribution >= 0.6 is 0 Å². The van der Waals surface area contributed by atoms with Crippen molar-refractivity contribution in [1.82, 2.24) is 9.78 Å². The summed E-state index contributed by atoms with van der Waals surface area (Å²) in [6, 6.07) is 0. The molecule has 1 aromatic heterocycles. The maximum absolute atomic E-state index is 5.46. The topological polar surface area (TPSA) is 53.1 Å². The van der Waals surface area contributed by atoms with Crippen LogP contribution in [-0.4, -0.2) is 16.9 Å². The van der Waals surface area contributed by atoms with Gasteiger partial charge in [-0.25, -0.2) is 0 Å². The molecule has 11 heavy (non-hydrogen) atoms. The van der Waals surface area contributed by atoms with Crippen LogP contribution < -0.4 is 10.5 Å². The van der Waals surface area contributed by atoms with Crippen LogP contribution in [0.25, 0.3) is 0 Å². The Morgan fingerprint density at radius 2 is 2.45 bits per heavy atom. The molecule has 4 heteroatoms. The lowest BCUT2D eigenvalue weighted by Gasteiger charge is -1.94. The van der Waals surface area contributed by atoms with E-state index >= 15 is 0 Å². The fourth-order valence-corrected chi connectivity index (χ4v) is 0.919. The van der Waals surface area contributed by atoms with Crippen molar-refractivity contribution in [1.29, 1.82) is 0 Å². The van der Waals surface area contributed by atoms with Crippen molar-refractivity contribution in [2.45, 2.75) is 20.0 Å². The van der Waals surface area contributed by atoms with Gasteiger partial charge in [-0.1, -0.05) is 0 Å². The molecule has 0 fully saturated rings. The highest BCUT2D eigenvalue weighted by atomic mass is 16.5. The highest BCUT2D eigenvalue weighted by Crippen LogP contribution is 2.13. The Labute approximate surface area is 66.0 Å². The maximum atomic E-state index is 5.46. The van der Waals surface area contributed by atoms with Crippen molar-refractivity contribution in [3.63, 3.8) is 0 Å². The molecule has 1 rings (SSSR count). The van der Waals surface area contributed by atoms with Gasteiger partial charge < -0.3 is 10.5 Å². The number of nitrogens with zero attached hydrogens (tertiary/aromatic N) is 2. The van der Waals surface area contributed by atoms with Gasteiger partial charge in [0.2, 0.25) is 5.88 Å². The van der Waals surface area contributed by atoms with E-state index in [0.29, 0.717) is 12.4 Å². The molecule has 0 aromatic carbocycles. The van der Waals surface area contributed by atoms with Crippen LogP contribution in [0.4, 0.5) is 0 Å². The van der Waals surface area contributed by atoms with E-state index in [0.717, 1.165) is 12.1 Å². The number of hydrogen-bond donors (Lipinski definition) is 1. The molecule has 62 valence electrons. The smallest absolute Gasteiger partial charge is 0.237 e. The summed E-state index contributed by atoms with van der Waals surface area (Å²) in [7, 11) is 1.60. The number of ether oxygens (including phenoxy) is 1. The third kappa shape index (κ3) is 1.51. The number of hydrogen-bond acceptors (Lipinski definition) is 3. The standard InChI is InChI=1S/C7H13N3O/c1-3-10-5-6(4-8)7(9-10)11-2/h5H,3-4,8H2,1-2H3. The summed E-state index contributed by atoms with van der Waals surface area (Å²) >= 11 is 0. The fourth-order valence-electron chi connectivity index (χ4n) is 0.919. The minimum absolute atomic E-state index is 0.475. The van der Waals surface area contributed by atoms with Crippen molar-refractivity contribution < 1.29 is 4.74 Å². The Balaban J connectivity index is 2.92. The number of nitrogens with two attached hydrogens (primary N) is 1. The van der Waals surface area contributed by atoms with Crippen LogP contribution in [0.5, 0.6) is 5.88 Å². The molecule has 0 saturated carbocycles. The number of methoxy groups -OCH3 is 1. The molecular formula is C7H13N3O. The van der Waals surface area contributed by atoms with E-state index in [2.05, 4.69) is 5.10 Å². The summed E-state index contributed by atoms with van der Waals surface area (Å²) in [5, 5.41) is 4.13. The van der Waals surface area contributed by atoms with Gasteiger partial charge in [-0.05, 0) is 6.92 Å². The van der Waals surface area contributed by atoms with E-state index in [1.54, 1.807) is 11.8 Å². The van der Waals surface area contributed by atoms with Gasteiger partial charge in [0, 0.05) is 24.8 Å².